The molecular formula is C15H17Cl2N5O2. The molecule has 2 N–H and O–H groups in total. The van der Waals surface area contributed by atoms with Gasteiger partial charge in [-0.2, -0.15) is 5.10 Å². The van der Waals surface area contributed by atoms with Crippen molar-refractivity contribution in [1.82, 2.24) is 25.4 Å². The number of carbonyl (C=O) groups is 1. The number of aromatic nitrogens is 3. The van der Waals surface area contributed by atoms with Crippen molar-refractivity contribution in [3.05, 3.63) is 46.5 Å². The first-order valence-corrected chi connectivity index (χ1v) is 8.28. The monoisotopic (exact) mass is 369 g/mol. The second-order valence-electron chi connectivity index (χ2n) is 5.44. The number of nitrogens with one attached hydrogen (secondary N) is 2. The maximum Gasteiger partial charge on any atom is 0.242 e. The highest BCUT2D eigenvalue weighted by molar-refractivity contribution is 6.42. The average molecular weight is 370 g/mol. The summed E-state index contributed by atoms with van der Waals surface area (Å²) in [7, 11) is 0. The van der Waals surface area contributed by atoms with Gasteiger partial charge in [0.05, 0.1) is 22.7 Å². The van der Waals surface area contributed by atoms with Gasteiger partial charge in [-0.1, -0.05) is 29.3 Å². The minimum Gasteiger partial charge on any atom is -0.370 e. The first-order valence-electron chi connectivity index (χ1n) is 7.52. The van der Waals surface area contributed by atoms with Crippen LogP contribution in [0.2, 0.25) is 10.0 Å². The molecule has 9 heteroatoms. The predicted molar refractivity (Wildman–Crippen MR) is 90.0 cm³/mol. The molecule has 128 valence electrons. The molecular weight excluding hydrogens is 353 g/mol. The average Bonchev–Trinajstić information content (AvgIpc) is 2.95. The molecule has 3 rings (SSSR count). The summed E-state index contributed by atoms with van der Waals surface area (Å²) in [5, 5.41) is 11.1. The van der Waals surface area contributed by atoms with E-state index in [4.69, 9.17) is 27.9 Å². The molecule has 1 aliphatic heterocycles. The van der Waals surface area contributed by atoms with Crippen LogP contribution in [-0.2, 0) is 16.1 Å². The Bertz CT molecular complexity index is 695. The number of halogens is 2. The van der Waals surface area contributed by atoms with Gasteiger partial charge in [0.15, 0.2) is 0 Å². The molecule has 0 aliphatic carbocycles. The first kappa shape index (κ1) is 17.2. The Balaban J connectivity index is 1.74. The molecule has 0 saturated carbocycles. The summed E-state index contributed by atoms with van der Waals surface area (Å²) in [6.07, 6.45) is 2.58. The van der Waals surface area contributed by atoms with E-state index in [1.54, 1.807) is 12.1 Å². The van der Waals surface area contributed by atoms with Crippen LogP contribution < -0.4 is 10.6 Å². The van der Waals surface area contributed by atoms with Crippen LogP contribution in [0.1, 0.15) is 11.7 Å². The summed E-state index contributed by atoms with van der Waals surface area (Å²) in [5.74, 6) is -0.164. The summed E-state index contributed by atoms with van der Waals surface area (Å²) in [4.78, 5) is 16.1. The van der Waals surface area contributed by atoms with Gasteiger partial charge < -0.3 is 15.4 Å². The van der Waals surface area contributed by atoms with Crippen molar-refractivity contribution in [1.29, 1.82) is 0 Å². The maximum atomic E-state index is 12.3. The van der Waals surface area contributed by atoms with Gasteiger partial charge in [0, 0.05) is 13.1 Å². The van der Waals surface area contributed by atoms with Crippen LogP contribution >= 0.6 is 23.2 Å². The fraction of sp³-hybridized carbons (Fsp3) is 0.400. The Morgan fingerprint density at radius 3 is 3.04 bits per heavy atom. The van der Waals surface area contributed by atoms with Crippen molar-refractivity contribution < 1.29 is 9.53 Å². The Labute approximate surface area is 149 Å². The third-order valence-electron chi connectivity index (χ3n) is 3.70. The predicted octanol–water partition coefficient (Wildman–Crippen LogP) is 1.43. The van der Waals surface area contributed by atoms with Gasteiger partial charge >= 0.3 is 0 Å². The van der Waals surface area contributed by atoms with Gasteiger partial charge in [0.25, 0.3) is 0 Å². The second-order valence-corrected chi connectivity index (χ2v) is 6.25. The summed E-state index contributed by atoms with van der Waals surface area (Å²) in [5.41, 5.74) is 0.874. The van der Waals surface area contributed by atoms with Gasteiger partial charge in [-0.05, 0) is 17.7 Å². The molecule has 1 saturated heterocycles. The van der Waals surface area contributed by atoms with Crippen molar-refractivity contribution in [2.24, 2.45) is 0 Å². The number of nitrogens with zero attached hydrogens (tertiary/aromatic N) is 3. The molecule has 1 aromatic carbocycles. The molecule has 7 nitrogen and oxygen atoms in total. The zero-order valence-corrected chi connectivity index (χ0v) is 14.3. The number of benzene rings is 1. The molecule has 24 heavy (non-hydrogen) atoms. The summed E-state index contributed by atoms with van der Waals surface area (Å²) < 4.78 is 7.39. The number of hydrogen-bond donors (Lipinski definition) is 2. The van der Waals surface area contributed by atoms with Crippen molar-refractivity contribution >= 4 is 29.1 Å². The van der Waals surface area contributed by atoms with Crippen molar-refractivity contribution in [2.45, 2.75) is 18.7 Å². The van der Waals surface area contributed by atoms with E-state index in [2.05, 4.69) is 20.7 Å². The summed E-state index contributed by atoms with van der Waals surface area (Å²) in [6.45, 7) is 1.95. The number of amides is 1. The van der Waals surface area contributed by atoms with Crippen LogP contribution in [0.4, 0.5) is 0 Å². The fourth-order valence-electron chi connectivity index (χ4n) is 2.60. The molecule has 2 aromatic rings. The Kier molecular flexibility index (Phi) is 5.68. The van der Waals surface area contributed by atoms with Gasteiger partial charge in [-0.15, -0.1) is 0 Å². The molecule has 2 heterocycles. The van der Waals surface area contributed by atoms with Crippen molar-refractivity contribution in [3.63, 3.8) is 0 Å². The van der Waals surface area contributed by atoms with Gasteiger partial charge in [-0.25, -0.2) is 9.67 Å². The van der Waals surface area contributed by atoms with Crippen molar-refractivity contribution in [2.75, 3.05) is 19.7 Å². The summed E-state index contributed by atoms with van der Waals surface area (Å²) in [6, 6.07) is 5.13. The molecule has 0 bridgehead atoms. The lowest BCUT2D eigenvalue weighted by molar-refractivity contribution is -0.123. The van der Waals surface area contributed by atoms with Crippen LogP contribution in [0.25, 0.3) is 0 Å². The van der Waals surface area contributed by atoms with Crippen LogP contribution in [0.5, 0.6) is 0 Å². The first-order chi connectivity index (χ1) is 11.6. The van der Waals surface area contributed by atoms with E-state index in [0.29, 0.717) is 29.7 Å². The van der Waals surface area contributed by atoms with E-state index in [-0.39, 0.29) is 24.6 Å². The largest absolute Gasteiger partial charge is 0.370 e. The third kappa shape index (κ3) is 4.24. The lowest BCUT2D eigenvalue weighted by Gasteiger charge is -2.26. The highest BCUT2D eigenvalue weighted by Gasteiger charge is 2.28. The SMILES string of the molecule is O=C(Cn1cncn1)NC1CNCCOC1c1ccc(Cl)c(Cl)c1. The van der Waals surface area contributed by atoms with E-state index >= 15 is 0 Å². The normalized spacial score (nSPS) is 21.2. The number of ether oxygens (including phenoxy) is 1. The quantitative estimate of drug-likeness (QED) is 0.851. The number of carbonyl (C=O) groups excluding carboxylic acids is 1. The van der Waals surface area contributed by atoms with Crippen LogP contribution in [0, 0.1) is 0 Å². The number of rotatable bonds is 4. The number of hydrogen-bond acceptors (Lipinski definition) is 5. The topological polar surface area (TPSA) is 81.1 Å². The minimum absolute atomic E-state index is 0.102. The van der Waals surface area contributed by atoms with E-state index in [1.165, 1.54) is 17.3 Å². The highest BCUT2D eigenvalue weighted by atomic mass is 35.5. The minimum atomic E-state index is -0.311. The molecule has 2 atom stereocenters. The van der Waals surface area contributed by atoms with E-state index in [0.717, 1.165) is 5.56 Å². The highest BCUT2D eigenvalue weighted by Crippen LogP contribution is 2.29. The molecule has 0 radical (unpaired) electrons. The van der Waals surface area contributed by atoms with E-state index in [9.17, 15) is 4.79 Å². The van der Waals surface area contributed by atoms with Gasteiger partial charge in [0.1, 0.15) is 25.3 Å². The van der Waals surface area contributed by atoms with E-state index < -0.39 is 0 Å². The molecule has 1 aromatic heterocycles. The zero-order chi connectivity index (χ0) is 16.9. The molecule has 2 unspecified atom stereocenters. The Morgan fingerprint density at radius 2 is 2.29 bits per heavy atom. The van der Waals surface area contributed by atoms with E-state index in [1.807, 2.05) is 6.07 Å². The zero-order valence-electron chi connectivity index (χ0n) is 12.8. The third-order valence-corrected chi connectivity index (χ3v) is 4.44. The Morgan fingerprint density at radius 1 is 1.42 bits per heavy atom. The standard InChI is InChI=1S/C15H17Cl2N5O2/c16-11-2-1-10(5-12(11)17)15-13(6-18-3-4-24-15)21-14(23)7-22-9-19-8-20-22/h1-2,5,8-9,13,15,18H,3-4,6-7H2,(H,21,23). The lowest BCUT2D eigenvalue weighted by Crippen LogP contribution is -2.46. The van der Waals surface area contributed by atoms with Crippen molar-refractivity contribution in [3.8, 4) is 0 Å². The smallest absolute Gasteiger partial charge is 0.242 e. The van der Waals surface area contributed by atoms with Gasteiger partial charge in [-0.3, -0.25) is 4.79 Å². The fourth-order valence-corrected chi connectivity index (χ4v) is 2.90. The molecule has 1 aliphatic rings. The summed E-state index contributed by atoms with van der Waals surface area (Å²) >= 11 is 12.1. The Hall–Kier alpha value is -1.67. The van der Waals surface area contributed by atoms with Crippen LogP contribution in [0.15, 0.2) is 30.9 Å². The molecule has 1 amide bonds. The van der Waals surface area contributed by atoms with Gasteiger partial charge in [0.2, 0.25) is 5.91 Å². The molecule has 0 spiro atoms. The maximum absolute atomic E-state index is 12.3. The van der Waals surface area contributed by atoms with Crippen LogP contribution in [0.3, 0.4) is 0 Å². The lowest BCUT2D eigenvalue weighted by atomic mass is 10.0. The second kappa shape index (κ2) is 7.94. The molecule has 1 fully saturated rings. The van der Waals surface area contributed by atoms with Crippen LogP contribution in [-0.4, -0.2) is 46.4 Å².